The Labute approximate surface area is 93.7 Å². The van der Waals surface area contributed by atoms with Gasteiger partial charge in [-0.3, -0.25) is 9.00 Å². The molecular weight excluding hydrogens is 247 g/mol. The van der Waals surface area contributed by atoms with E-state index in [1.165, 1.54) is 6.26 Å². The second-order valence-electron chi connectivity index (χ2n) is 3.40. The fraction of sp³-hybridized carbons (Fsp3) is 0.875. The molecule has 4 nitrogen and oxygen atoms in total. The van der Waals surface area contributed by atoms with Crippen LogP contribution in [0.25, 0.3) is 0 Å². The smallest absolute Gasteiger partial charge is 0.403 e. The number of nitrogens with one attached hydrogen (secondary N) is 1. The Morgan fingerprint density at radius 1 is 1.44 bits per heavy atom. The largest absolute Gasteiger partial charge is 0.481 e. The minimum absolute atomic E-state index is 0.0863. The number of alkyl halides is 3. The predicted octanol–water partition coefficient (Wildman–Crippen LogP) is 0.606. The zero-order valence-corrected chi connectivity index (χ0v) is 9.69. The molecule has 0 aliphatic rings. The number of halogens is 3. The van der Waals surface area contributed by atoms with Gasteiger partial charge in [-0.2, -0.15) is 13.2 Å². The number of hydrogen-bond donors (Lipinski definition) is 2. The molecule has 16 heavy (non-hydrogen) atoms. The van der Waals surface area contributed by atoms with Crippen molar-refractivity contribution in [2.45, 2.75) is 18.3 Å². The van der Waals surface area contributed by atoms with E-state index in [-0.39, 0.29) is 11.8 Å². The number of carboxylic acids is 1. The molecule has 0 aliphatic heterocycles. The molecule has 3 unspecified atom stereocenters. The second kappa shape index (κ2) is 6.19. The average Bonchev–Trinajstić information content (AvgIpc) is 2.08. The average molecular weight is 261 g/mol. The Balaban J connectivity index is 4.15. The highest BCUT2D eigenvalue weighted by Gasteiger charge is 2.44. The van der Waals surface area contributed by atoms with Gasteiger partial charge < -0.3 is 10.4 Å². The third-order valence-corrected chi connectivity index (χ3v) is 3.34. The summed E-state index contributed by atoms with van der Waals surface area (Å²) in [4.78, 5) is 10.3. The lowest BCUT2D eigenvalue weighted by Gasteiger charge is -2.17. The molecule has 96 valence electrons. The van der Waals surface area contributed by atoms with Crippen molar-refractivity contribution in [2.24, 2.45) is 5.92 Å². The maximum atomic E-state index is 12.2. The van der Waals surface area contributed by atoms with E-state index in [4.69, 9.17) is 5.11 Å². The standard InChI is InChI=1S/C8H14F3NO3S/c1-5(16(2)15)3-12-4-6(7(13)14)8(9,10)11/h5-6,12H,3-4H2,1-2H3,(H,13,14). The molecule has 0 aromatic rings. The van der Waals surface area contributed by atoms with Crippen LogP contribution in [0.15, 0.2) is 0 Å². The first-order valence-corrected chi connectivity index (χ1v) is 6.10. The summed E-state index contributed by atoms with van der Waals surface area (Å²) in [7, 11) is -1.15. The number of carbonyl (C=O) groups is 1. The highest BCUT2D eigenvalue weighted by Crippen LogP contribution is 2.25. The second-order valence-corrected chi connectivity index (χ2v) is 5.20. The van der Waals surface area contributed by atoms with Crippen molar-refractivity contribution in [3.05, 3.63) is 0 Å². The minimum atomic E-state index is -4.77. The van der Waals surface area contributed by atoms with Gasteiger partial charge in [0.2, 0.25) is 0 Å². The van der Waals surface area contributed by atoms with Crippen molar-refractivity contribution >= 4 is 16.8 Å². The molecule has 0 rings (SSSR count). The molecule has 0 saturated carbocycles. The summed E-state index contributed by atoms with van der Waals surface area (Å²) < 4.78 is 47.4. The number of hydrogen-bond acceptors (Lipinski definition) is 3. The SMILES string of the molecule is CC(CNCC(C(=O)O)C(F)(F)F)S(C)=O. The molecule has 0 aromatic heterocycles. The number of aliphatic carboxylic acids is 1. The molecule has 0 aromatic carbocycles. The summed E-state index contributed by atoms with van der Waals surface area (Å²) in [5.74, 6) is -4.34. The molecule has 0 spiro atoms. The third kappa shape index (κ3) is 5.45. The molecule has 3 atom stereocenters. The van der Waals surface area contributed by atoms with E-state index in [0.29, 0.717) is 0 Å². The van der Waals surface area contributed by atoms with Gasteiger partial charge in [-0.15, -0.1) is 0 Å². The highest BCUT2D eigenvalue weighted by molar-refractivity contribution is 7.84. The van der Waals surface area contributed by atoms with Gasteiger partial charge in [0, 0.05) is 35.4 Å². The summed E-state index contributed by atoms with van der Waals surface area (Å²) in [5.41, 5.74) is 0. The van der Waals surface area contributed by atoms with Crippen LogP contribution in [-0.2, 0) is 15.6 Å². The van der Waals surface area contributed by atoms with Crippen molar-refractivity contribution in [1.29, 1.82) is 0 Å². The van der Waals surface area contributed by atoms with Crippen LogP contribution in [0.5, 0.6) is 0 Å². The van der Waals surface area contributed by atoms with Gasteiger partial charge in [0.05, 0.1) is 0 Å². The lowest BCUT2D eigenvalue weighted by Crippen LogP contribution is -2.41. The third-order valence-electron chi connectivity index (χ3n) is 2.04. The van der Waals surface area contributed by atoms with Crippen molar-refractivity contribution < 1.29 is 27.3 Å². The number of rotatable bonds is 6. The van der Waals surface area contributed by atoms with Gasteiger partial charge in [-0.05, 0) is 6.92 Å². The van der Waals surface area contributed by atoms with E-state index < -0.39 is 35.4 Å². The Kier molecular flexibility index (Phi) is 5.95. The van der Waals surface area contributed by atoms with Crippen molar-refractivity contribution in [2.75, 3.05) is 19.3 Å². The fourth-order valence-corrected chi connectivity index (χ4v) is 1.24. The van der Waals surface area contributed by atoms with Gasteiger partial charge in [-0.1, -0.05) is 0 Å². The van der Waals surface area contributed by atoms with E-state index in [9.17, 15) is 22.2 Å². The molecule has 0 amide bonds. The Hall–Kier alpha value is -0.630. The zero-order chi connectivity index (χ0) is 12.9. The first-order chi connectivity index (χ1) is 7.16. The van der Waals surface area contributed by atoms with Gasteiger partial charge in [0.15, 0.2) is 5.92 Å². The van der Waals surface area contributed by atoms with Gasteiger partial charge in [-0.25, -0.2) is 0 Å². The normalized spacial score (nSPS) is 17.8. The molecule has 0 aliphatic carbocycles. The van der Waals surface area contributed by atoms with Gasteiger partial charge in [0.25, 0.3) is 0 Å². The topological polar surface area (TPSA) is 66.4 Å². The number of carboxylic acid groups (broad SMARTS) is 1. The molecule has 0 saturated heterocycles. The quantitative estimate of drug-likeness (QED) is 0.735. The van der Waals surface area contributed by atoms with Crippen LogP contribution < -0.4 is 5.32 Å². The Bertz CT molecular complexity index is 270. The Morgan fingerprint density at radius 2 is 1.94 bits per heavy atom. The molecule has 8 heteroatoms. The zero-order valence-electron chi connectivity index (χ0n) is 8.87. The summed E-state index contributed by atoms with van der Waals surface area (Å²) in [6.07, 6.45) is -3.34. The van der Waals surface area contributed by atoms with Gasteiger partial charge >= 0.3 is 12.1 Å². The Morgan fingerprint density at radius 3 is 2.25 bits per heavy atom. The predicted molar refractivity (Wildman–Crippen MR) is 53.6 cm³/mol. The monoisotopic (exact) mass is 261 g/mol. The van der Waals surface area contributed by atoms with Crippen LogP contribution in [-0.4, -0.2) is 46.1 Å². The van der Waals surface area contributed by atoms with Crippen LogP contribution in [0.3, 0.4) is 0 Å². The summed E-state index contributed by atoms with van der Waals surface area (Å²) in [6.45, 7) is 0.982. The van der Waals surface area contributed by atoms with Crippen LogP contribution in [0.1, 0.15) is 6.92 Å². The maximum absolute atomic E-state index is 12.2. The van der Waals surface area contributed by atoms with E-state index in [0.717, 1.165) is 0 Å². The minimum Gasteiger partial charge on any atom is -0.481 e. The van der Waals surface area contributed by atoms with Crippen molar-refractivity contribution in [3.8, 4) is 0 Å². The lowest BCUT2D eigenvalue weighted by molar-refractivity contribution is -0.192. The van der Waals surface area contributed by atoms with E-state index in [2.05, 4.69) is 5.32 Å². The highest BCUT2D eigenvalue weighted by atomic mass is 32.2. The summed E-state index contributed by atoms with van der Waals surface area (Å²) in [6, 6.07) is 0. The molecule has 2 N–H and O–H groups in total. The lowest BCUT2D eigenvalue weighted by atomic mass is 10.1. The van der Waals surface area contributed by atoms with Crippen molar-refractivity contribution in [3.63, 3.8) is 0 Å². The van der Waals surface area contributed by atoms with Crippen LogP contribution in [0.2, 0.25) is 0 Å². The van der Waals surface area contributed by atoms with Gasteiger partial charge in [0.1, 0.15) is 0 Å². The van der Waals surface area contributed by atoms with Crippen LogP contribution in [0.4, 0.5) is 13.2 Å². The molecule has 0 heterocycles. The van der Waals surface area contributed by atoms with E-state index in [1.807, 2.05) is 0 Å². The summed E-state index contributed by atoms with van der Waals surface area (Å²) in [5, 5.41) is 10.4. The fourth-order valence-electron chi connectivity index (χ4n) is 0.891. The first-order valence-electron chi connectivity index (χ1n) is 4.48. The molecular formula is C8H14F3NO3S. The van der Waals surface area contributed by atoms with Crippen LogP contribution >= 0.6 is 0 Å². The molecule has 0 fully saturated rings. The first kappa shape index (κ1) is 15.4. The molecule has 0 bridgehead atoms. The van der Waals surface area contributed by atoms with E-state index >= 15 is 0 Å². The van der Waals surface area contributed by atoms with Crippen molar-refractivity contribution in [1.82, 2.24) is 5.32 Å². The maximum Gasteiger partial charge on any atom is 0.403 e. The van der Waals surface area contributed by atoms with E-state index in [1.54, 1.807) is 6.92 Å². The summed E-state index contributed by atoms with van der Waals surface area (Å²) >= 11 is 0. The van der Waals surface area contributed by atoms with Crippen LogP contribution in [0, 0.1) is 5.92 Å². The molecule has 0 radical (unpaired) electrons.